The molecule has 3 amide bonds. The molecule has 2 aromatic rings. The van der Waals surface area contributed by atoms with Crippen molar-refractivity contribution in [2.24, 2.45) is 0 Å². The molecule has 0 unspecified atom stereocenters. The van der Waals surface area contributed by atoms with Gasteiger partial charge in [-0.2, -0.15) is 0 Å². The average molecular weight is 389 g/mol. The summed E-state index contributed by atoms with van der Waals surface area (Å²) in [4.78, 5) is 30.9. The van der Waals surface area contributed by atoms with E-state index in [0.29, 0.717) is 25.3 Å². The van der Waals surface area contributed by atoms with E-state index < -0.39 is 0 Å². The van der Waals surface area contributed by atoms with Crippen LogP contribution in [0.15, 0.2) is 23.6 Å². The Bertz CT molecular complexity index is 788. The lowest BCUT2D eigenvalue weighted by Crippen LogP contribution is -2.35. The molecule has 2 rings (SSSR count). The lowest BCUT2D eigenvalue weighted by atomic mass is 10.1. The molecular formula is C20H28N4O2S. The van der Waals surface area contributed by atoms with Gasteiger partial charge in [-0.3, -0.25) is 4.79 Å². The van der Waals surface area contributed by atoms with Crippen LogP contribution in [-0.4, -0.2) is 34.9 Å². The molecule has 0 fully saturated rings. The molecule has 0 atom stereocenters. The summed E-state index contributed by atoms with van der Waals surface area (Å²) in [5.74, 6) is -0.166. The first-order chi connectivity index (χ1) is 13.0. The Labute approximate surface area is 165 Å². The molecule has 7 heteroatoms. The van der Waals surface area contributed by atoms with Crippen LogP contribution in [0.5, 0.6) is 0 Å². The highest BCUT2D eigenvalue weighted by molar-refractivity contribution is 7.09. The topological polar surface area (TPSA) is 74.3 Å². The van der Waals surface area contributed by atoms with Crippen LogP contribution in [0.3, 0.4) is 0 Å². The number of nitrogens with one attached hydrogen (secondary N) is 2. The normalized spacial score (nSPS) is 10.5. The molecule has 2 N–H and O–H groups in total. The monoisotopic (exact) mass is 388 g/mol. The predicted molar refractivity (Wildman–Crippen MR) is 110 cm³/mol. The number of rotatable bonds is 8. The maximum Gasteiger partial charge on any atom is 0.322 e. The van der Waals surface area contributed by atoms with Crippen LogP contribution in [0, 0.1) is 13.8 Å². The van der Waals surface area contributed by atoms with Crippen molar-refractivity contribution in [2.75, 3.05) is 18.4 Å². The third-order valence-electron chi connectivity index (χ3n) is 4.27. The fourth-order valence-electron chi connectivity index (χ4n) is 2.58. The number of hydrogen-bond acceptors (Lipinski definition) is 4. The quantitative estimate of drug-likeness (QED) is 0.706. The van der Waals surface area contributed by atoms with Gasteiger partial charge in [0, 0.05) is 24.2 Å². The molecule has 0 saturated heterocycles. The van der Waals surface area contributed by atoms with Crippen molar-refractivity contribution in [3.05, 3.63) is 45.4 Å². The molecule has 1 aromatic heterocycles. The molecule has 0 saturated carbocycles. The Balaban J connectivity index is 2.06. The van der Waals surface area contributed by atoms with Gasteiger partial charge in [0.25, 0.3) is 5.91 Å². The first-order valence-corrected chi connectivity index (χ1v) is 10.2. The number of anilines is 1. The molecule has 0 bridgehead atoms. The Morgan fingerprint density at radius 3 is 2.67 bits per heavy atom. The minimum absolute atomic E-state index is 0.155. The number of carbonyl (C=O) groups is 2. The van der Waals surface area contributed by atoms with E-state index in [9.17, 15) is 9.59 Å². The van der Waals surface area contributed by atoms with Crippen LogP contribution in [-0.2, 0) is 6.54 Å². The van der Waals surface area contributed by atoms with Crippen LogP contribution in [0.4, 0.5) is 10.5 Å². The fourth-order valence-corrected chi connectivity index (χ4v) is 3.37. The van der Waals surface area contributed by atoms with Crippen molar-refractivity contribution in [3.63, 3.8) is 0 Å². The summed E-state index contributed by atoms with van der Waals surface area (Å²) in [5.41, 5.74) is 3.43. The van der Waals surface area contributed by atoms with Crippen molar-refractivity contribution in [1.29, 1.82) is 0 Å². The minimum Gasteiger partial charge on any atom is -0.351 e. The number of aryl methyl sites for hydroxylation is 1. The molecular weight excluding hydrogens is 360 g/mol. The van der Waals surface area contributed by atoms with E-state index >= 15 is 0 Å². The fraction of sp³-hybridized carbons (Fsp3) is 0.450. The highest BCUT2D eigenvalue weighted by atomic mass is 32.1. The van der Waals surface area contributed by atoms with Crippen molar-refractivity contribution < 1.29 is 9.59 Å². The SMILES string of the molecule is CCCNC(=O)c1csc(CN(CCC)C(=O)Nc2cccc(C)c2C)n1. The van der Waals surface area contributed by atoms with Gasteiger partial charge in [0.1, 0.15) is 10.7 Å². The summed E-state index contributed by atoms with van der Waals surface area (Å²) < 4.78 is 0. The van der Waals surface area contributed by atoms with E-state index in [-0.39, 0.29) is 11.9 Å². The van der Waals surface area contributed by atoms with Crippen LogP contribution >= 0.6 is 11.3 Å². The van der Waals surface area contributed by atoms with E-state index in [4.69, 9.17) is 0 Å². The third kappa shape index (κ3) is 5.79. The van der Waals surface area contributed by atoms with E-state index in [1.807, 2.05) is 45.9 Å². The second kappa shape index (κ2) is 10.1. The number of amides is 3. The molecule has 0 aliphatic carbocycles. The summed E-state index contributed by atoms with van der Waals surface area (Å²) in [6.07, 6.45) is 1.72. The van der Waals surface area contributed by atoms with Crippen molar-refractivity contribution >= 4 is 29.0 Å². The molecule has 146 valence electrons. The lowest BCUT2D eigenvalue weighted by molar-refractivity contribution is 0.0949. The Morgan fingerprint density at radius 2 is 1.96 bits per heavy atom. The molecule has 0 spiro atoms. The second-order valence-electron chi connectivity index (χ2n) is 6.48. The van der Waals surface area contributed by atoms with E-state index in [0.717, 1.165) is 34.7 Å². The Morgan fingerprint density at radius 1 is 1.19 bits per heavy atom. The molecule has 0 radical (unpaired) electrons. The lowest BCUT2D eigenvalue weighted by Gasteiger charge is -2.22. The Hall–Kier alpha value is -2.41. The van der Waals surface area contributed by atoms with Gasteiger partial charge < -0.3 is 15.5 Å². The van der Waals surface area contributed by atoms with Crippen molar-refractivity contribution in [1.82, 2.24) is 15.2 Å². The third-order valence-corrected chi connectivity index (χ3v) is 5.11. The van der Waals surface area contributed by atoms with Gasteiger partial charge in [0.2, 0.25) is 0 Å². The molecule has 0 aliphatic rings. The predicted octanol–water partition coefficient (Wildman–Crippen LogP) is 4.34. The van der Waals surface area contributed by atoms with E-state index in [2.05, 4.69) is 15.6 Å². The number of aromatic nitrogens is 1. The number of benzene rings is 1. The summed E-state index contributed by atoms with van der Waals surface area (Å²) in [6.45, 7) is 9.69. The van der Waals surface area contributed by atoms with Crippen LogP contribution in [0.25, 0.3) is 0 Å². The molecule has 1 aromatic carbocycles. The van der Waals surface area contributed by atoms with E-state index in [1.54, 1.807) is 10.3 Å². The average Bonchev–Trinajstić information content (AvgIpc) is 3.12. The zero-order valence-corrected chi connectivity index (χ0v) is 17.3. The molecule has 6 nitrogen and oxygen atoms in total. The molecule has 27 heavy (non-hydrogen) atoms. The van der Waals surface area contributed by atoms with Crippen LogP contribution in [0.1, 0.15) is 53.3 Å². The summed E-state index contributed by atoms with van der Waals surface area (Å²) in [5, 5.41) is 8.31. The standard InChI is InChI=1S/C20H28N4O2S/c1-5-10-21-19(25)17-13-27-18(22-17)12-24(11-6-2)20(26)23-16-9-7-8-14(3)15(16)4/h7-9,13H,5-6,10-12H2,1-4H3,(H,21,25)(H,23,26). The van der Waals surface area contributed by atoms with Crippen molar-refractivity contribution in [2.45, 2.75) is 47.1 Å². The zero-order chi connectivity index (χ0) is 19.8. The van der Waals surface area contributed by atoms with Crippen LogP contribution in [0.2, 0.25) is 0 Å². The van der Waals surface area contributed by atoms with Gasteiger partial charge in [-0.25, -0.2) is 9.78 Å². The van der Waals surface area contributed by atoms with Crippen molar-refractivity contribution in [3.8, 4) is 0 Å². The smallest absolute Gasteiger partial charge is 0.322 e. The number of nitrogens with zero attached hydrogens (tertiary/aromatic N) is 2. The highest BCUT2D eigenvalue weighted by Crippen LogP contribution is 2.19. The van der Waals surface area contributed by atoms with Gasteiger partial charge in [-0.05, 0) is 43.9 Å². The summed E-state index contributed by atoms with van der Waals surface area (Å²) in [7, 11) is 0. The van der Waals surface area contributed by atoms with Gasteiger partial charge in [0.15, 0.2) is 0 Å². The zero-order valence-electron chi connectivity index (χ0n) is 16.5. The minimum atomic E-state index is -0.166. The molecule has 1 heterocycles. The first-order valence-electron chi connectivity index (χ1n) is 9.31. The maximum absolute atomic E-state index is 12.8. The van der Waals surface area contributed by atoms with Gasteiger partial charge in [0.05, 0.1) is 6.54 Å². The van der Waals surface area contributed by atoms with E-state index in [1.165, 1.54) is 11.3 Å². The van der Waals surface area contributed by atoms with Gasteiger partial charge >= 0.3 is 6.03 Å². The van der Waals surface area contributed by atoms with Crippen LogP contribution < -0.4 is 10.6 Å². The maximum atomic E-state index is 12.8. The number of urea groups is 1. The largest absolute Gasteiger partial charge is 0.351 e. The molecule has 0 aliphatic heterocycles. The number of hydrogen-bond donors (Lipinski definition) is 2. The highest BCUT2D eigenvalue weighted by Gasteiger charge is 2.17. The number of carbonyl (C=O) groups excluding carboxylic acids is 2. The Kier molecular flexibility index (Phi) is 7.79. The number of thiazole rings is 1. The first kappa shape index (κ1) is 20.9. The summed E-state index contributed by atoms with van der Waals surface area (Å²) >= 11 is 1.40. The summed E-state index contributed by atoms with van der Waals surface area (Å²) in [6, 6.07) is 5.71. The van der Waals surface area contributed by atoms with Gasteiger partial charge in [-0.1, -0.05) is 26.0 Å². The van der Waals surface area contributed by atoms with Gasteiger partial charge in [-0.15, -0.1) is 11.3 Å². The second-order valence-corrected chi connectivity index (χ2v) is 7.42.